The third-order valence-corrected chi connectivity index (χ3v) is 5.18. The lowest BCUT2D eigenvalue weighted by molar-refractivity contribution is -0.129. The van der Waals surface area contributed by atoms with Gasteiger partial charge >= 0.3 is 0 Å². The Morgan fingerprint density at radius 3 is 2.58 bits per heavy atom. The minimum Gasteiger partial charge on any atom is -0.457 e. The van der Waals surface area contributed by atoms with Gasteiger partial charge in [0.2, 0.25) is 5.54 Å². The molecule has 0 bridgehead atoms. The summed E-state index contributed by atoms with van der Waals surface area (Å²) in [7, 11) is 1.66. The van der Waals surface area contributed by atoms with Gasteiger partial charge in [-0.25, -0.2) is 4.99 Å². The molecule has 2 heterocycles. The van der Waals surface area contributed by atoms with Crippen LogP contribution in [0.3, 0.4) is 0 Å². The van der Waals surface area contributed by atoms with Crippen molar-refractivity contribution in [2.24, 2.45) is 16.6 Å². The van der Waals surface area contributed by atoms with Crippen molar-refractivity contribution in [2.75, 3.05) is 7.05 Å². The lowest BCUT2D eigenvalue weighted by Crippen LogP contribution is -2.42. The number of hydrogen-bond donors (Lipinski definition) is 1. The second-order valence-electron chi connectivity index (χ2n) is 7.41. The van der Waals surface area contributed by atoms with E-state index in [0.29, 0.717) is 17.4 Å². The number of amides is 1. The Bertz CT molecular complexity index is 919. The highest BCUT2D eigenvalue weighted by Gasteiger charge is 2.54. The van der Waals surface area contributed by atoms with E-state index in [9.17, 15) is 4.79 Å². The van der Waals surface area contributed by atoms with Gasteiger partial charge in [0.1, 0.15) is 11.5 Å². The Labute approximate surface area is 153 Å². The molecular formula is C21H23N3O2. The maximum absolute atomic E-state index is 13.3. The highest BCUT2D eigenvalue weighted by Crippen LogP contribution is 2.51. The SMILES string of the molecule is CC(C)CCc1ccc2c(c1)C1(N=C(N)N(C)C1=O)c1ccccc1O2. The number of benzene rings is 2. The van der Waals surface area contributed by atoms with Crippen molar-refractivity contribution in [3.05, 3.63) is 59.2 Å². The topological polar surface area (TPSA) is 67.9 Å². The normalized spacial score (nSPS) is 20.8. The average molecular weight is 349 g/mol. The molecule has 2 N–H and O–H groups in total. The zero-order chi connectivity index (χ0) is 18.5. The van der Waals surface area contributed by atoms with Gasteiger partial charge in [0.25, 0.3) is 5.91 Å². The summed E-state index contributed by atoms with van der Waals surface area (Å²) in [4.78, 5) is 19.3. The quantitative estimate of drug-likeness (QED) is 0.923. The molecule has 1 atom stereocenters. The van der Waals surface area contributed by atoms with Gasteiger partial charge in [0.15, 0.2) is 5.96 Å². The first-order chi connectivity index (χ1) is 12.4. The predicted octanol–water partition coefficient (Wildman–Crippen LogP) is 3.41. The number of fused-ring (bicyclic) bond motifs is 4. The summed E-state index contributed by atoms with van der Waals surface area (Å²) in [6.45, 7) is 4.42. The van der Waals surface area contributed by atoms with Crippen molar-refractivity contribution in [1.82, 2.24) is 4.90 Å². The average Bonchev–Trinajstić information content (AvgIpc) is 2.85. The molecule has 0 saturated carbocycles. The molecule has 0 saturated heterocycles. The van der Waals surface area contributed by atoms with E-state index in [1.807, 2.05) is 30.3 Å². The maximum atomic E-state index is 13.3. The molecule has 2 aliphatic rings. The molecule has 4 rings (SSSR count). The summed E-state index contributed by atoms with van der Waals surface area (Å²) in [6, 6.07) is 13.6. The zero-order valence-electron chi connectivity index (χ0n) is 15.3. The van der Waals surface area contributed by atoms with Gasteiger partial charge in [-0.2, -0.15) is 0 Å². The third-order valence-electron chi connectivity index (χ3n) is 5.18. The van der Waals surface area contributed by atoms with Gasteiger partial charge in [0.05, 0.1) is 0 Å². The fourth-order valence-corrected chi connectivity index (χ4v) is 3.67. The zero-order valence-corrected chi connectivity index (χ0v) is 15.3. The van der Waals surface area contributed by atoms with Crippen molar-refractivity contribution in [3.8, 4) is 11.5 Å². The summed E-state index contributed by atoms with van der Waals surface area (Å²) in [5.74, 6) is 2.01. The predicted molar refractivity (Wildman–Crippen MR) is 101 cm³/mol. The summed E-state index contributed by atoms with van der Waals surface area (Å²) >= 11 is 0. The summed E-state index contributed by atoms with van der Waals surface area (Å²) in [5, 5.41) is 0. The lowest BCUT2D eigenvalue weighted by atomic mass is 9.79. The molecule has 0 aliphatic carbocycles. The second kappa shape index (κ2) is 5.87. The molecule has 1 spiro atoms. The molecule has 2 aliphatic heterocycles. The van der Waals surface area contributed by atoms with Crippen molar-refractivity contribution < 1.29 is 9.53 Å². The smallest absolute Gasteiger partial charge is 0.266 e. The molecule has 26 heavy (non-hydrogen) atoms. The maximum Gasteiger partial charge on any atom is 0.266 e. The van der Waals surface area contributed by atoms with Gasteiger partial charge in [-0.15, -0.1) is 0 Å². The summed E-state index contributed by atoms with van der Waals surface area (Å²) in [6.07, 6.45) is 2.04. The van der Waals surface area contributed by atoms with Crippen LogP contribution in [0.1, 0.15) is 37.0 Å². The molecule has 5 heteroatoms. The van der Waals surface area contributed by atoms with E-state index in [2.05, 4.69) is 31.0 Å². The summed E-state index contributed by atoms with van der Waals surface area (Å²) in [5.41, 5.74) is 7.57. The van der Waals surface area contributed by atoms with Crippen LogP contribution >= 0.6 is 0 Å². The van der Waals surface area contributed by atoms with E-state index in [1.165, 1.54) is 10.5 Å². The molecule has 2 aromatic rings. The fraction of sp³-hybridized carbons (Fsp3) is 0.333. The number of carbonyl (C=O) groups excluding carboxylic acids is 1. The molecule has 0 fully saturated rings. The molecule has 0 aromatic heterocycles. The van der Waals surface area contributed by atoms with E-state index in [0.717, 1.165) is 24.0 Å². The standard InChI is InChI=1S/C21H23N3O2/c1-13(2)8-9-14-10-11-18-16(12-14)21(19(25)24(3)20(22)23-21)15-6-4-5-7-17(15)26-18/h4-7,10-13H,8-9H2,1-3H3,(H2,22,23). The van der Waals surface area contributed by atoms with Gasteiger partial charge in [-0.3, -0.25) is 9.69 Å². The van der Waals surface area contributed by atoms with Crippen LogP contribution in [0.25, 0.3) is 0 Å². The van der Waals surface area contributed by atoms with Crippen LogP contribution in [0.4, 0.5) is 0 Å². The van der Waals surface area contributed by atoms with Crippen LogP contribution in [-0.2, 0) is 16.8 Å². The van der Waals surface area contributed by atoms with E-state index < -0.39 is 5.54 Å². The van der Waals surface area contributed by atoms with Crippen LogP contribution in [0.5, 0.6) is 11.5 Å². The number of rotatable bonds is 3. The second-order valence-corrected chi connectivity index (χ2v) is 7.41. The van der Waals surface area contributed by atoms with Crippen LogP contribution in [0.15, 0.2) is 47.5 Å². The molecular weight excluding hydrogens is 326 g/mol. The number of ether oxygens (including phenoxy) is 1. The number of nitrogens with two attached hydrogens (primary N) is 1. The number of aliphatic imine (C=N–C) groups is 1. The fourth-order valence-electron chi connectivity index (χ4n) is 3.67. The first-order valence-electron chi connectivity index (χ1n) is 8.97. The highest BCUT2D eigenvalue weighted by atomic mass is 16.5. The number of hydrogen-bond acceptors (Lipinski definition) is 4. The number of guanidine groups is 1. The number of para-hydroxylation sites is 1. The third kappa shape index (κ3) is 2.30. The molecule has 1 unspecified atom stereocenters. The van der Waals surface area contributed by atoms with Crippen molar-refractivity contribution in [3.63, 3.8) is 0 Å². The van der Waals surface area contributed by atoms with Crippen molar-refractivity contribution in [2.45, 2.75) is 32.2 Å². The van der Waals surface area contributed by atoms with Gasteiger partial charge in [-0.05, 0) is 42.5 Å². The molecule has 134 valence electrons. The Morgan fingerprint density at radius 2 is 1.88 bits per heavy atom. The van der Waals surface area contributed by atoms with Crippen molar-refractivity contribution in [1.29, 1.82) is 0 Å². The first-order valence-corrected chi connectivity index (χ1v) is 8.97. The first kappa shape index (κ1) is 16.6. The van der Waals surface area contributed by atoms with E-state index in [-0.39, 0.29) is 11.9 Å². The molecule has 2 aromatic carbocycles. The Morgan fingerprint density at radius 1 is 1.15 bits per heavy atom. The number of likely N-dealkylation sites (N-methyl/N-ethyl adjacent to an activating group) is 1. The van der Waals surface area contributed by atoms with Gasteiger partial charge in [0, 0.05) is 18.2 Å². The Kier molecular flexibility index (Phi) is 3.75. The minimum absolute atomic E-state index is 0.145. The summed E-state index contributed by atoms with van der Waals surface area (Å²) < 4.78 is 6.08. The van der Waals surface area contributed by atoms with Crippen LogP contribution in [0, 0.1) is 5.92 Å². The highest BCUT2D eigenvalue weighted by molar-refractivity contribution is 6.09. The van der Waals surface area contributed by atoms with Crippen LogP contribution in [-0.4, -0.2) is 23.8 Å². The number of aryl methyl sites for hydroxylation is 1. The van der Waals surface area contributed by atoms with E-state index in [1.54, 1.807) is 7.05 Å². The van der Waals surface area contributed by atoms with Crippen LogP contribution < -0.4 is 10.5 Å². The van der Waals surface area contributed by atoms with E-state index >= 15 is 0 Å². The van der Waals surface area contributed by atoms with Gasteiger partial charge in [-0.1, -0.05) is 38.1 Å². The largest absolute Gasteiger partial charge is 0.457 e. The van der Waals surface area contributed by atoms with Gasteiger partial charge < -0.3 is 10.5 Å². The number of nitrogens with zero attached hydrogens (tertiary/aromatic N) is 2. The molecule has 0 radical (unpaired) electrons. The molecule has 5 nitrogen and oxygen atoms in total. The van der Waals surface area contributed by atoms with E-state index in [4.69, 9.17) is 10.5 Å². The minimum atomic E-state index is -1.16. The Hall–Kier alpha value is -2.82. The Balaban J connectivity index is 1.91. The lowest BCUT2D eigenvalue weighted by Gasteiger charge is -2.33. The monoisotopic (exact) mass is 349 g/mol. The number of carbonyl (C=O) groups is 1. The van der Waals surface area contributed by atoms with Crippen LogP contribution in [0.2, 0.25) is 0 Å². The molecule has 1 amide bonds. The van der Waals surface area contributed by atoms with Crippen molar-refractivity contribution >= 4 is 11.9 Å².